The van der Waals surface area contributed by atoms with Crippen molar-refractivity contribution in [2.24, 2.45) is 0 Å². The van der Waals surface area contributed by atoms with Gasteiger partial charge < -0.3 is 0 Å². The smallest absolute Gasteiger partial charge is 0.0105 e. The average molecular weight is 369 g/mol. The Labute approximate surface area is 171 Å². The second-order valence-corrected chi connectivity index (χ2v) is 9.63. The van der Waals surface area contributed by atoms with Crippen LogP contribution in [0.3, 0.4) is 0 Å². The molecule has 3 rings (SSSR count). The van der Waals surface area contributed by atoms with Crippen molar-refractivity contribution in [1.29, 1.82) is 0 Å². The average Bonchev–Trinajstić information content (AvgIpc) is 2.66. The summed E-state index contributed by atoms with van der Waals surface area (Å²) in [6, 6.07) is 28.4. The van der Waals surface area contributed by atoms with Crippen molar-refractivity contribution in [1.82, 2.24) is 0 Å². The molecule has 144 valence electrons. The third-order valence-corrected chi connectivity index (χ3v) is 5.17. The van der Waals surface area contributed by atoms with E-state index in [9.17, 15) is 0 Å². The molecule has 0 amide bonds. The van der Waals surface area contributed by atoms with Crippen LogP contribution in [0.25, 0.3) is 11.6 Å². The SMILES string of the molecule is CC(C)(C)c1cc(/C(=C\c2ccccc2)c2ccccc2)cc(C(C)(C)C)c1. The van der Waals surface area contributed by atoms with Crippen LogP contribution in [0.15, 0.2) is 78.9 Å². The molecule has 0 aliphatic rings. The lowest BCUT2D eigenvalue weighted by molar-refractivity contribution is 0.568. The van der Waals surface area contributed by atoms with E-state index < -0.39 is 0 Å². The summed E-state index contributed by atoms with van der Waals surface area (Å²) in [6.45, 7) is 13.8. The van der Waals surface area contributed by atoms with Gasteiger partial charge in [-0.25, -0.2) is 0 Å². The largest absolute Gasteiger partial charge is 0.0622 e. The molecule has 0 N–H and O–H groups in total. The molecule has 0 spiro atoms. The molecule has 0 heterocycles. The Morgan fingerprint density at radius 1 is 0.571 bits per heavy atom. The van der Waals surface area contributed by atoms with Crippen LogP contribution >= 0.6 is 0 Å². The number of rotatable bonds is 3. The minimum Gasteiger partial charge on any atom is -0.0622 e. The van der Waals surface area contributed by atoms with Gasteiger partial charge in [0.15, 0.2) is 0 Å². The van der Waals surface area contributed by atoms with Crippen molar-refractivity contribution in [3.8, 4) is 0 Å². The van der Waals surface area contributed by atoms with E-state index in [0.717, 1.165) is 0 Å². The van der Waals surface area contributed by atoms with Gasteiger partial charge in [0, 0.05) is 0 Å². The van der Waals surface area contributed by atoms with Gasteiger partial charge in [0.2, 0.25) is 0 Å². The van der Waals surface area contributed by atoms with Crippen LogP contribution in [0.2, 0.25) is 0 Å². The summed E-state index contributed by atoms with van der Waals surface area (Å²) < 4.78 is 0. The summed E-state index contributed by atoms with van der Waals surface area (Å²) in [5, 5.41) is 0. The van der Waals surface area contributed by atoms with E-state index in [1.807, 2.05) is 0 Å². The Bertz CT molecular complexity index is 914. The highest BCUT2D eigenvalue weighted by atomic mass is 14.3. The zero-order valence-electron chi connectivity index (χ0n) is 18.1. The lowest BCUT2D eigenvalue weighted by Crippen LogP contribution is -2.17. The Morgan fingerprint density at radius 2 is 1.04 bits per heavy atom. The summed E-state index contributed by atoms with van der Waals surface area (Å²) in [6.07, 6.45) is 2.31. The first-order valence-corrected chi connectivity index (χ1v) is 10.1. The lowest BCUT2D eigenvalue weighted by atomic mass is 9.78. The van der Waals surface area contributed by atoms with Crippen LogP contribution in [0.1, 0.15) is 69.4 Å². The summed E-state index contributed by atoms with van der Waals surface area (Å²) in [5.41, 5.74) is 7.98. The van der Waals surface area contributed by atoms with Gasteiger partial charge in [0.05, 0.1) is 0 Å². The van der Waals surface area contributed by atoms with E-state index in [-0.39, 0.29) is 10.8 Å². The standard InChI is InChI=1S/C28H32/c1-27(2,3)24-18-23(19-25(20-24)28(4,5)6)26(22-15-11-8-12-16-22)17-21-13-9-7-10-14-21/h7-20H,1-6H3/b26-17-. The Morgan fingerprint density at radius 3 is 1.50 bits per heavy atom. The highest BCUT2D eigenvalue weighted by molar-refractivity contribution is 5.91. The minimum absolute atomic E-state index is 0.102. The van der Waals surface area contributed by atoms with Gasteiger partial charge in [-0.05, 0) is 50.3 Å². The second kappa shape index (κ2) is 7.80. The summed E-state index contributed by atoms with van der Waals surface area (Å²) in [4.78, 5) is 0. The molecular formula is C28H32. The molecule has 0 aliphatic carbocycles. The molecule has 0 radical (unpaired) electrons. The Balaban J connectivity index is 2.27. The molecule has 3 aromatic carbocycles. The van der Waals surface area contributed by atoms with Crippen molar-refractivity contribution in [3.63, 3.8) is 0 Å². The number of benzene rings is 3. The van der Waals surface area contributed by atoms with Gasteiger partial charge in [-0.3, -0.25) is 0 Å². The molecule has 0 heteroatoms. The predicted octanol–water partition coefficient (Wildman–Crippen LogP) is 7.87. The molecular weight excluding hydrogens is 336 g/mol. The van der Waals surface area contributed by atoms with E-state index in [2.05, 4.69) is 126 Å². The van der Waals surface area contributed by atoms with Crippen LogP contribution in [0.5, 0.6) is 0 Å². The van der Waals surface area contributed by atoms with Crippen molar-refractivity contribution in [2.75, 3.05) is 0 Å². The molecule has 0 aliphatic heterocycles. The first kappa shape index (κ1) is 20.1. The third-order valence-electron chi connectivity index (χ3n) is 5.17. The zero-order chi connectivity index (χ0) is 20.4. The summed E-state index contributed by atoms with van der Waals surface area (Å²) in [7, 11) is 0. The van der Waals surface area contributed by atoms with Crippen LogP contribution < -0.4 is 0 Å². The zero-order valence-corrected chi connectivity index (χ0v) is 18.1. The van der Waals surface area contributed by atoms with Crippen LogP contribution in [0, 0.1) is 0 Å². The molecule has 0 nitrogen and oxygen atoms in total. The predicted molar refractivity (Wildman–Crippen MR) is 124 cm³/mol. The normalized spacial score (nSPS) is 12.9. The maximum Gasteiger partial charge on any atom is -0.0105 e. The Kier molecular flexibility index (Phi) is 5.61. The fraction of sp³-hybridized carbons (Fsp3) is 0.286. The Hall–Kier alpha value is -2.60. The molecule has 0 aromatic heterocycles. The second-order valence-electron chi connectivity index (χ2n) is 9.63. The van der Waals surface area contributed by atoms with Crippen molar-refractivity contribution in [3.05, 3.63) is 107 Å². The number of hydrogen-bond acceptors (Lipinski definition) is 0. The van der Waals surface area contributed by atoms with Crippen molar-refractivity contribution >= 4 is 11.6 Å². The molecule has 0 saturated carbocycles. The quantitative estimate of drug-likeness (QED) is 0.413. The molecule has 0 saturated heterocycles. The molecule has 0 fully saturated rings. The van der Waals surface area contributed by atoms with E-state index in [1.165, 1.54) is 33.4 Å². The van der Waals surface area contributed by atoms with Gasteiger partial charge in [0.1, 0.15) is 0 Å². The maximum atomic E-state index is 2.38. The highest BCUT2D eigenvalue weighted by Crippen LogP contribution is 2.35. The third kappa shape index (κ3) is 4.81. The fourth-order valence-corrected chi connectivity index (χ4v) is 3.32. The van der Waals surface area contributed by atoms with Crippen LogP contribution in [-0.4, -0.2) is 0 Å². The molecule has 0 bridgehead atoms. The van der Waals surface area contributed by atoms with E-state index in [1.54, 1.807) is 0 Å². The first-order valence-electron chi connectivity index (χ1n) is 10.1. The molecule has 28 heavy (non-hydrogen) atoms. The monoisotopic (exact) mass is 368 g/mol. The maximum absolute atomic E-state index is 2.38. The molecule has 0 atom stereocenters. The molecule has 3 aromatic rings. The highest BCUT2D eigenvalue weighted by Gasteiger charge is 2.21. The van der Waals surface area contributed by atoms with E-state index in [4.69, 9.17) is 0 Å². The fourth-order valence-electron chi connectivity index (χ4n) is 3.32. The van der Waals surface area contributed by atoms with Crippen molar-refractivity contribution in [2.45, 2.75) is 52.4 Å². The van der Waals surface area contributed by atoms with Gasteiger partial charge in [-0.2, -0.15) is 0 Å². The van der Waals surface area contributed by atoms with E-state index >= 15 is 0 Å². The number of hydrogen-bond donors (Lipinski definition) is 0. The lowest BCUT2D eigenvalue weighted by Gasteiger charge is -2.27. The van der Waals surface area contributed by atoms with Gasteiger partial charge >= 0.3 is 0 Å². The minimum atomic E-state index is 0.102. The van der Waals surface area contributed by atoms with Gasteiger partial charge in [0.25, 0.3) is 0 Å². The van der Waals surface area contributed by atoms with Crippen LogP contribution in [0.4, 0.5) is 0 Å². The van der Waals surface area contributed by atoms with Gasteiger partial charge in [-0.15, -0.1) is 0 Å². The van der Waals surface area contributed by atoms with Crippen molar-refractivity contribution < 1.29 is 0 Å². The van der Waals surface area contributed by atoms with E-state index in [0.29, 0.717) is 0 Å². The first-order chi connectivity index (χ1) is 13.1. The summed E-state index contributed by atoms with van der Waals surface area (Å²) >= 11 is 0. The topological polar surface area (TPSA) is 0 Å². The molecule has 0 unspecified atom stereocenters. The van der Waals surface area contributed by atoms with Gasteiger partial charge in [-0.1, -0.05) is 120 Å². The van der Waals surface area contributed by atoms with Crippen LogP contribution in [-0.2, 0) is 10.8 Å². The summed E-state index contributed by atoms with van der Waals surface area (Å²) in [5.74, 6) is 0.